The molecule has 5 rings (SSSR count). The number of esters is 1. The minimum atomic E-state index is -0.999. The van der Waals surface area contributed by atoms with Crippen molar-refractivity contribution in [2.75, 3.05) is 11.5 Å². The van der Waals surface area contributed by atoms with Crippen LogP contribution in [-0.4, -0.2) is 40.6 Å². The maximum atomic E-state index is 13.4. The monoisotopic (exact) mass is 499 g/mol. The van der Waals surface area contributed by atoms with Gasteiger partial charge in [0.25, 0.3) is 11.7 Å². The molecule has 0 radical (unpaired) electrons. The third-order valence-electron chi connectivity index (χ3n) is 6.32. The maximum Gasteiger partial charge on any atom is 0.338 e. The molecule has 0 aliphatic carbocycles. The van der Waals surface area contributed by atoms with Gasteiger partial charge in [-0.3, -0.25) is 14.5 Å². The van der Waals surface area contributed by atoms with Crippen LogP contribution in [0.4, 0.5) is 5.69 Å². The van der Waals surface area contributed by atoms with Crippen LogP contribution >= 0.6 is 0 Å². The highest BCUT2D eigenvalue weighted by Gasteiger charge is 2.47. The molecule has 2 N–H and O–H groups in total. The lowest BCUT2D eigenvalue weighted by molar-refractivity contribution is -0.132. The number of ether oxygens (including phenoxy) is 2. The van der Waals surface area contributed by atoms with Gasteiger partial charge in [-0.25, -0.2) is 4.79 Å². The average molecular weight is 500 g/mol. The number of ketones is 1. The van der Waals surface area contributed by atoms with Crippen LogP contribution in [0.25, 0.3) is 5.76 Å². The van der Waals surface area contributed by atoms with E-state index in [0.717, 1.165) is 11.3 Å². The number of hydrogen-bond donors (Lipinski definition) is 2. The SMILES string of the molecule is CC(C)OC(=O)c1cccc(N2C(=O)C(=O)/C(=C(\O)c3ccc4c(c3)CCO4)C2c2ccc(O)cc2)c1. The van der Waals surface area contributed by atoms with E-state index < -0.39 is 23.7 Å². The first-order valence-electron chi connectivity index (χ1n) is 11.9. The molecule has 1 saturated heterocycles. The predicted octanol–water partition coefficient (Wildman–Crippen LogP) is 4.52. The summed E-state index contributed by atoms with van der Waals surface area (Å²) in [5.41, 5.74) is 2.20. The number of amides is 1. The second-order valence-electron chi connectivity index (χ2n) is 9.19. The molecule has 8 nitrogen and oxygen atoms in total. The Balaban J connectivity index is 1.65. The number of aromatic hydroxyl groups is 1. The first-order chi connectivity index (χ1) is 17.7. The first-order valence-corrected chi connectivity index (χ1v) is 11.9. The summed E-state index contributed by atoms with van der Waals surface area (Å²) in [4.78, 5) is 40.6. The Bertz CT molecular complexity index is 1440. The summed E-state index contributed by atoms with van der Waals surface area (Å²) in [7, 11) is 0. The fourth-order valence-electron chi connectivity index (χ4n) is 4.63. The summed E-state index contributed by atoms with van der Waals surface area (Å²) in [6.07, 6.45) is 0.339. The molecule has 2 aliphatic heterocycles. The molecular formula is C29H25NO7. The van der Waals surface area contributed by atoms with Crippen LogP contribution in [-0.2, 0) is 20.7 Å². The lowest BCUT2D eigenvalue weighted by Crippen LogP contribution is -2.29. The van der Waals surface area contributed by atoms with Gasteiger partial charge in [0.2, 0.25) is 0 Å². The Labute approximate surface area is 213 Å². The van der Waals surface area contributed by atoms with E-state index in [2.05, 4.69) is 0 Å². The molecule has 1 amide bonds. The van der Waals surface area contributed by atoms with Gasteiger partial charge in [-0.2, -0.15) is 0 Å². The zero-order valence-electron chi connectivity index (χ0n) is 20.3. The normalized spacial score (nSPS) is 18.1. The van der Waals surface area contributed by atoms with Crippen molar-refractivity contribution in [2.45, 2.75) is 32.4 Å². The number of rotatable bonds is 5. The summed E-state index contributed by atoms with van der Waals surface area (Å²) in [6.45, 7) is 4.00. The highest BCUT2D eigenvalue weighted by Crippen LogP contribution is 2.43. The van der Waals surface area contributed by atoms with Crippen LogP contribution in [0.1, 0.15) is 46.9 Å². The van der Waals surface area contributed by atoms with E-state index in [1.807, 2.05) is 0 Å². The van der Waals surface area contributed by atoms with Crippen molar-refractivity contribution in [1.82, 2.24) is 0 Å². The summed E-state index contributed by atoms with van der Waals surface area (Å²) in [5.74, 6) is -1.85. The first kappa shape index (κ1) is 24.1. The highest BCUT2D eigenvalue weighted by atomic mass is 16.5. The van der Waals surface area contributed by atoms with Gasteiger partial charge in [-0.05, 0) is 73.5 Å². The number of benzene rings is 3. The molecule has 1 atom stereocenters. The Morgan fingerprint density at radius 2 is 1.78 bits per heavy atom. The van der Waals surface area contributed by atoms with Crippen molar-refractivity contribution in [3.8, 4) is 11.5 Å². The number of hydrogen-bond acceptors (Lipinski definition) is 7. The third-order valence-corrected chi connectivity index (χ3v) is 6.32. The number of carbonyl (C=O) groups is 3. The molecule has 1 fully saturated rings. The number of aliphatic hydroxyl groups is 1. The lowest BCUT2D eigenvalue weighted by atomic mass is 9.94. The fourth-order valence-corrected chi connectivity index (χ4v) is 4.63. The summed E-state index contributed by atoms with van der Waals surface area (Å²) >= 11 is 0. The molecule has 0 bridgehead atoms. The van der Waals surface area contributed by atoms with Crippen molar-refractivity contribution < 1.29 is 34.1 Å². The number of phenols is 1. The molecule has 37 heavy (non-hydrogen) atoms. The molecule has 0 aromatic heterocycles. The number of carbonyl (C=O) groups excluding carboxylic acids is 3. The second kappa shape index (κ2) is 9.46. The standard InChI is InChI=1S/C29H25NO7/c1-16(2)37-29(35)20-4-3-5-21(15-20)30-25(17-6-9-22(31)10-7-17)24(27(33)28(30)34)26(32)19-8-11-23-18(14-19)12-13-36-23/h3-11,14-16,25,31-32H,12-13H2,1-2H3/b26-24-. The van der Waals surface area contributed by atoms with Gasteiger partial charge in [-0.1, -0.05) is 18.2 Å². The maximum absolute atomic E-state index is 13.4. The smallest absolute Gasteiger partial charge is 0.338 e. The van der Waals surface area contributed by atoms with E-state index in [1.54, 1.807) is 62.4 Å². The van der Waals surface area contributed by atoms with Crippen molar-refractivity contribution in [1.29, 1.82) is 0 Å². The van der Waals surface area contributed by atoms with Gasteiger partial charge < -0.3 is 19.7 Å². The van der Waals surface area contributed by atoms with E-state index in [9.17, 15) is 24.6 Å². The molecule has 3 aromatic carbocycles. The Hall–Kier alpha value is -4.59. The van der Waals surface area contributed by atoms with Crippen molar-refractivity contribution in [3.63, 3.8) is 0 Å². The zero-order chi connectivity index (χ0) is 26.3. The molecule has 3 aromatic rings. The molecule has 188 valence electrons. The predicted molar refractivity (Wildman–Crippen MR) is 136 cm³/mol. The van der Waals surface area contributed by atoms with Crippen molar-refractivity contribution in [3.05, 3.63) is 94.6 Å². The highest BCUT2D eigenvalue weighted by molar-refractivity contribution is 6.51. The van der Waals surface area contributed by atoms with Crippen LogP contribution in [0, 0.1) is 0 Å². The summed E-state index contributed by atoms with van der Waals surface area (Å²) < 4.78 is 10.8. The van der Waals surface area contributed by atoms with Crippen LogP contribution in [0.15, 0.2) is 72.3 Å². The van der Waals surface area contributed by atoms with Gasteiger partial charge in [0.15, 0.2) is 0 Å². The van der Waals surface area contributed by atoms with Gasteiger partial charge in [-0.15, -0.1) is 0 Å². The number of Topliss-reactive ketones (excluding diaryl/α,β-unsaturated/α-hetero) is 1. The number of anilines is 1. The molecule has 2 aliphatic rings. The van der Waals surface area contributed by atoms with E-state index in [4.69, 9.17) is 9.47 Å². The van der Waals surface area contributed by atoms with E-state index >= 15 is 0 Å². The largest absolute Gasteiger partial charge is 0.508 e. The van der Waals surface area contributed by atoms with Crippen LogP contribution in [0.3, 0.4) is 0 Å². The lowest BCUT2D eigenvalue weighted by Gasteiger charge is -2.26. The summed E-state index contributed by atoms with van der Waals surface area (Å²) in [6, 6.07) is 16.4. The van der Waals surface area contributed by atoms with Crippen LogP contribution in [0.2, 0.25) is 0 Å². The van der Waals surface area contributed by atoms with Crippen LogP contribution in [0.5, 0.6) is 11.5 Å². The summed E-state index contributed by atoms with van der Waals surface area (Å²) in [5, 5.41) is 21.2. The second-order valence-corrected chi connectivity index (χ2v) is 9.19. The number of fused-ring (bicyclic) bond motifs is 1. The Kier molecular flexibility index (Phi) is 6.17. The molecule has 0 saturated carbocycles. The van der Waals surface area contributed by atoms with Gasteiger partial charge in [0.1, 0.15) is 17.3 Å². The quantitative estimate of drug-likeness (QED) is 0.230. The molecule has 0 spiro atoms. The Morgan fingerprint density at radius 3 is 2.51 bits per heavy atom. The van der Waals surface area contributed by atoms with Gasteiger partial charge in [0.05, 0.1) is 29.9 Å². The number of phenolic OH excluding ortho intramolecular Hbond substituents is 1. The van der Waals surface area contributed by atoms with Crippen LogP contribution < -0.4 is 9.64 Å². The molecule has 1 unspecified atom stereocenters. The van der Waals surface area contributed by atoms with E-state index in [0.29, 0.717) is 29.8 Å². The Morgan fingerprint density at radius 1 is 1.03 bits per heavy atom. The van der Waals surface area contributed by atoms with Crippen molar-refractivity contribution >= 4 is 29.1 Å². The molecular weight excluding hydrogens is 474 g/mol. The van der Waals surface area contributed by atoms with E-state index in [1.165, 1.54) is 23.1 Å². The minimum absolute atomic E-state index is 0.0118. The average Bonchev–Trinajstić information content (AvgIpc) is 3.45. The third kappa shape index (κ3) is 4.42. The molecule has 8 heteroatoms. The van der Waals surface area contributed by atoms with Crippen molar-refractivity contribution in [2.24, 2.45) is 0 Å². The van der Waals surface area contributed by atoms with Gasteiger partial charge >= 0.3 is 5.97 Å². The number of aliphatic hydroxyl groups excluding tert-OH is 1. The fraction of sp³-hybridized carbons (Fsp3) is 0.207. The molecule has 2 heterocycles. The zero-order valence-corrected chi connectivity index (χ0v) is 20.3. The minimum Gasteiger partial charge on any atom is -0.508 e. The van der Waals surface area contributed by atoms with E-state index in [-0.39, 0.29) is 28.7 Å². The van der Waals surface area contributed by atoms with Gasteiger partial charge in [0, 0.05) is 17.7 Å². The topological polar surface area (TPSA) is 113 Å². The number of nitrogens with zero attached hydrogens (tertiary/aromatic N) is 1.